The van der Waals surface area contributed by atoms with Crippen molar-refractivity contribution in [2.75, 3.05) is 19.5 Å². The third kappa shape index (κ3) is 5.05. The predicted molar refractivity (Wildman–Crippen MR) is 113 cm³/mol. The Morgan fingerprint density at radius 1 is 1.20 bits per heavy atom. The van der Waals surface area contributed by atoms with Crippen LogP contribution in [-0.4, -0.2) is 34.6 Å². The van der Waals surface area contributed by atoms with E-state index in [0.717, 1.165) is 10.6 Å². The molecular weight excluding hydrogens is 390 g/mol. The minimum atomic E-state index is -0.830. The first-order valence-corrected chi connectivity index (χ1v) is 9.27. The molecule has 0 unspecified atom stereocenters. The third-order valence-electron chi connectivity index (χ3n) is 4.29. The van der Waals surface area contributed by atoms with Crippen LogP contribution in [0.25, 0.3) is 6.08 Å². The van der Waals surface area contributed by atoms with Crippen LogP contribution in [0, 0.1) is 5.92 Å². The summed E-state index contributed by atoms with van der Waals surface area (Å²) in [7, 11) is 2.77. The summed E-state index contributed by atoms with van der Waals surface area (Å²) in [5, 5.41) is 0. The number of nitrogens with zero attached hydrogens (tertiary/aromatic N) is 2. The molecule has 2 N–H and O–H groups in total. The maximum Gasteiger partial charge on any atom is 0.332 e. The molecule has 0 saturated heterocycles. The van der Waals surface area contributed by atoms with Crippen molar-refractivity contribution in [1.29, 1.82) is 0 Å². The van der Waals surface area contributed by atoms with Gasteiger partial charge >= 0.3 is 11.7 Å². The van der Waals surface area contributed by atoms with Gasteiger partial charge in [-0.3, -0.25) is 18.7 Å². The molecule has 2 rings (SSSR count). The molecule has 0 spiro atoms. The second kappa shape index (κ2) is 9.73. The molecule has 160 valence electrons. The summed E-state index contributed by atoms with van der Waals surface area (Å²) >= 11 is 0. The molecule has 0 aliphatic carbocycles. The lowest BCUT2D eigenvalue weighted by Gasteiger charge is -2.16. The van der Waals surface area contributed by atoms with Crippen LogP contribution in [0.15, 0.2) is 39.9 Å². The average molecular weight is 415 g/mol. The van der Waals surface area contributed by atoms with E-state index in [0.29, 0.717) is 11.3 Å². The van der Waals surface area contributed by atoms with Gasteiger partial charge in [-0.15, -0.1) is 0 Å². The topological polar surface area (TPSA) is 123 Å². The molecule has 0 aliphatic heterocycles. The number of hydrogen-bond acceptors (Lipinski definition) is 7. The molecular formula is C21H25N3O6. The Hall–Kier alpha value is -3.62. The molecule has 0 atom stereocenters. The molecule has 9 heteroatoms. The SMILES string of the molecule is COc1ccccc1C=CC(=O)OCC(=O)c1c(N)n(CC(C)C)c(=O)n(C)c1=O. The highest BCUT2D eigenvalue weighted by Gasteiger charge is 2.22. The van der Waals surface area contributed by atoms with Crippen molar-refractivity contribution in [3.8, 4) is 5.75 Å². The second-order valence-electron chi connectivity index (χ2n) is 7.02. The lowest BCUT2D eigenvalue weighted by Crippen LogP contribution is -2.43. The lowest BCUT2D eigenvalue weighted by atomic mass is 10.1. The monoisotopic (exact) mass is 415 g/mol. The summed E-state index contributed by atoms with van der Waals surface area (Å²) in [6, 6.07) is 7.05. The zero-order valence-electron chi connectivity index (χ0n) is 17.4. The number of nitrogen functional groups attached to an aromatic ring is 1. The van der Waals surface area contributed by atoms with Gasteiger partial charge in [-0.2, -0.15) is 0 Å². The molecule has 9 nitrogen and oxygen atoms in total. The van der Waals surface area contributed by atoms with Crippen molar-refractivity contribution in [2.24, 2.45) is 13.0 Å². The van der Waals surface area contributed by atoms with Crippen LogP contribution in [0.4, 0.5) is 5.82 Å². The Morgan fingerprint density at radius 2 is 1.87 bits per heavy atom. The molecule has 0 bridgehead atoms. The van der Waals surface area contributed by atoms with Crippen molar-refractivity contribution in [3.63, 3.8) is 0 Å². The minimum absolute atomic E-state index is 0.0587. The van der Waals surface area contributed by atoms with Crippen LogP contribution >= 0.6 is 0 Å². The minimum Gasteiger partial charge on any atom is -0.496 e. The highest BCUT2D eigenvalue weighted by Crippen LogP contribution is 2.18. The van der Waals surface area contributed by atoms with E-state index in [1.165, 1.54) is 24.8 Å². The van der Waals surface area contributed by atoms with E-state index in [2.05, 4.69) is 0 Å². The highest BCUT2D eigenvalue weighted by molar-refractivity contribution is 6.02. The Balaban J connectivity index is 2.19. The number of carbonyl (C=O) groups is 2. The molecule has 0 fully saturated rings. The maximum absolute atomic E-state index is 12.5. The molecule has 0 radical (unpaired) electrons. The van der Waals surface area contributed by atoms with Crippen molar-refractivity contribution >= 4 is 23.6 Å². The summed E-state index contributed by atoms with van der Waals surface area (Å²) in [4.78, 5) is 49.2. The van der Waals surface area contributed by atoms with Gasteiger partial charge in [0.2, 0.25) is 5.78 Å². The number of anilines is 1. The van der Waals surface area contributed by atoms with Gasteiger partial charge in [-0.1, -0.05) is 32.0 Å². The van der Waals surface area contributed by atoms with Crippen LogP contribution in [0.3, 0.4) is 0 Å². The molecule has 0 aliphatic rings. The van der Waals surface area contributed by atoms with Crippen LogP contribution in [0.2, 0.25) is 0 Å². The zero-order chi connectivity index (χ0) is 22.4. The van der Waals surface area contributed by atoms with E-state index in [9.17, 15) is 19.2 Å². The van der Waals surface area contributed by atoms with Crippen LogP contribution < -0.4 is 21.7 Å². The number of Topliss-reactive ketones (excluding diaryl/α,β-unsaturated/α-hetero) is 1. The summed E-state index contributed by atoms with van der Waals surface area (Å²) in [6.07, 6.45) is 2.63. The van der Waals surface area contributed by atoms with E-state index in [4.69, 9.17) is 15.2 Å². The number of ether oxygens (including phenoxy) is 2. The van der Waals surface area contributed by atoms with E-state index in [1.807, 2.05) is 13.8 Å². The fraction of sp³-hybridized carbons (Fsp3) is 0.333. The van der Waals surface area contributed by atoms with E-state index >= 15 is 0 Å². The molecule has 0 saturated carbocycles. The number of rotatable bonds is 8. The summed E-state index contributed by atoms with van der Waals surface area (Å²) < 4.78 is 12.1. The molecule has 30 heavy (non-hydrogen) atoms. The van der Waals surface area contributed by atoms with E-state index < -0.39 is 29.6 Å². The van der Waals surface area contributed by atoms with Gasteiger partial charge < -0.3 is 15.2 Å². The first-order valence-electron chi connectivity index (χ1n) is 9.27. The average Bonchev–Trinajstić information content (AvgIpc) is 2.72. The Bertz CT molecular complexity index is 1090. The molecule has 1 heterocycles. The number of carbonyl (C=O) groups excluding carboxylic acids is 2. The van der Waals surface area contributed by atoms with Crippen molar-refractivity contribution in [2.45, 2.75) is 20.4 Å². The number of aromatic nitrogens is 2. The molecule has 2 aromatic rings. The number of benzene rings is 1. The van der Waals surface area contributed by atoms with Crippen molar-refractivity contribution in [1.82, 2.24) is 9.13 Å². The van der Waals surface area contributed by atoms with Crippen LogP contribution in [0.5, 0.6) is 5.75 Å². The standard InChI is InChI=1S/C21H25N3O6/c1-13(2)11-24-19(22)18(20(27)23(3)21(24)28)15(25)12-30-17(26)10-9-14-7-5-6-8-16(14)29-4/h5-10,13H,11-12,22H2,1-4H3. The van der Waals surface area contributed by atoms with Gasteiger partial charge in [-0.05, 0) is 18.1 Å². The first kappa shape index (κ1) is 22.7. The highest BCUT2D eigenvalue weighted by atomic mass is 16.5. The molecule has 0 amide bonds. The van der Waals surface area contributed by atoms with Gasteiger partial charge in [0.25, 0.3) is 5.56 Å². The Morgan fingerprint density at radius 3 is 2.50 bits per heavy atom. The predicted octanol–water partition coefficient (Wildman–Crippen LogP) is 1.23. The van der Waals surface area contributed by atoms with Gasteiger partial charge in [-0.25, -0.2) is 9.59 Å². The number of esters is 1. The fourth-order valence-corrected chi connectivity index (χ4v) is 2.81. The largest absolute Gasteiger partial charge is 0.496 e. The van der Waals surface area contributed by atoms with Gasteiger partial charge in [0, 0.05) is 25.2 Å². The molecule has 1 aromatic heterocycles. The van der Waals surface area contributed by atoms with E-state index in [1.54, 1.807) is 24.3 Å². The molecule has 1 aromatic carbocycles. The summed E-state index contributed by atoms with van der Waals surface area (Å²) in [5.41, 5.74) is 4.77. The van der Waals surface area contributed by atoms with Crippen molar-refractivity contribution < 1.29 is 19.1 Å². The lowest BCUT2D eigenvalue weighted by molar-refractivity contribution is -0.136. The van der Waals surface area contributed by atoms with Gasteiger partial charge in [0.1, 0.15) is 17.1 Å². The van der Waals surface area contributed by atoms with E-state index in [-0.39, 0.29) is 23.8 Å². The first-order chi connectivity index (χ1) is 14.2. The number of hydrogen-bond donors (Lipinski definition) is 1. The Labute approximate surface area is 173 Å². The normalized spacial score (nSPS) is 11.1. The van der Waals surface area contributed by atoms with Gasteiger partial charge in [0.05, 0.1) is 7.11 Å². The van der Waals surface area contributed by atoms with Crippen LogP contribution in [0.1, 0.15) is 29.8 Å². The zero-order valence-corrected chi connectivity index (χ0v) is 17.4. The number of ketones is 1. The number of para-hydroxylation sites is 1. The maximum atomic E-state index is 12.5. The van der Waals surface area contributed by atoms with Crippen molar-refractivity contribution in [3.05, 3.63) is 62.3 Å². The van der Waals surface area contributed by atoms with Crippen LogP contribution in [-0.2, 0) is 23.1 Å². The van der Waals surface area contributed by atoms with Gasteiger partial charge in [0.15, 0.2) is 6.61 Å². The Kier molecular flexibility index (Phi) is 7.35. The second-order valence-corrected chi connectivity index (χ2v) is 7.02. The third-order valence-corrected chi connectivity index (χ3v) is 4.29. The summed E-state index contributed by atoms with van der Waals surface area (Å²) in [5.74, 6) is -1.17. The summed E-state index contributed by atoms with van der Waals surface area (Å²) in [6.45, 7) is 3.29. The number of nitrogens with two attached hydrogens (primary N) is 1. The quantitative estimate of drug-likeness (QED) is 0.391. The fourth-order valence-electron chi connectivity index (χ4n) is 2.81. The number of methoxy groups -OCH3 is 1. The smallest absolute Gasteiger partial charge is 0.332 e.